The highest BCUT2D eigenvalue weighted by Gasteiger charge is 2.33. The molecule has 0 amide bonds. The Morgan fingerprint density at radius 2 is 1.06 bits per heavy atom. The summed E-state index contributed by atoms with van der Waals surface area (Å²) in [5.41, 5.74) is 1.17. The summed E-state index contributed by atoms with van der Waals surface area (Å²) in [4.78, 5) is 0. The fraction of sp³-hybridized carbons (Fsp3) is 1.00. The third-order valence-corrected chi connectivity index (χ3v) is 6.79. The molecule has 206 valence electrons. The van der Waals surface area contributed by atoms with E-state index in [1.807, 2.05) is 0 Å². The Kier molecular flexibility index (Phi) is 12.9. The monoisotopic (exact) mass is 484 g/mol. The van der Waals surface area contributed by atoms with Gasteiger partial charge in [0.25, 0.3) is 0 Å². The molecule has 0 radical (unpaired) electrons. The number of rotatable bonds is 16. The molecule has 0 heterocycles. The van der Waals surface area contributed by atoms with Crippen molar-refractivity contribution in [3.05, 3.63) is 0 Å². The van der Waals surface area contributed by atoms with Crippen LogP contribution in [0.4, 0.5) is 0 Å². The summed E-state index contributed by atoms with van der Waals surface area (Å²) in [6, 6.07) is 0. The molecule has 0 saturated heterocycles. The predicted molar refractivity (Wildman–Crippen MR) is 152 cm³/mol. The van der Waals surface area contributed by atoms with Gasteiger partial charge in [0.1, 0.15) is 0 Å². The molecule has 3 nitrogen and oxygen atoms in total. The molecule has 0 bridgehead atoms. The molecule has 0 atom stereocenters. The topological polar surface area (TPSA) is 30.5 Å². The van der Waals surface area contributed by atoms with Crippen LogP contribution in [0, 0.1) is 27.6 Å². The second kappa shape index (κ2) is 12.9. The summed E-state index contributed by atoms with van der Waals surface area (Å²) in [5.74, 6) is 0.682. The van der Waals surface area contributed by atoms with Gasteiger partial charge in [-0.1, -0.05) is 69.2 Å². The van der Waals surface area contributed by atoms with Gasteiger partial charge in [0.15, 0.2) is 0 Å². The fourth-order valence-electron chi connectivity index (χ4n) is 6.24. The van der Waals surface area contributed by atoms with E-state index in [2.05, 4.69) is 102 Å². The van der Waals surface area contributed by atoms with E-state index >= 15 is 0 Å². The van der Waals surface area contributed by atoms with E-state index in [0.29, 0.717) is 27.6 Å². The largest absolute Gasteiger partial charge is 0.379 e. The summed E-state index contributed by atoms with van der Waals surface area (Å²) in [5, 5.41) is 3.83. The first kappa shape index (κ1) is 33.9. The summed E-state index contributed by atoms with van der Waals surface area (Å²) >= 11 is 0. The van der Waals surface area contributed by atoms with Crippen molar-refractivity contribution in [2.75, 3.05) is 26.8 Å². The highest BCUT2D eigenvalue weighted by Crippen LogP contribution is 2.43. The van der Waals surface area contributed by atoms with Crippen molar-refractivity contribution >= 4 is 0 Å². The molecule has 0 rings (SSSR count). The Bertz CT molecular complexity index is 531. The van der Waals surface area contributed by atoms with Crippen molar-refractivity contribution < 1.29 is 9.47 Å². The lowest BCUT2D eigenvalue weighted by atomic mass is 9.67. The van der Waals surface area contributed by atoms with Gasteiger partial charge in [0, 0.05) is 7.11 Å². The molecule has 0 spiro atoms. The van der Waals surface area contributed by atoms with Crippen molar-refractivity contribution in [1.82, 2.24) is 5.32 Å². The van der Waals surface area contributed by atoms with Crippen LogP contribution in [-0.2, 0) is 9.47 Å². The minimum atomic E-state index is -0.124. The van der Waals surface area contributed by atoms with Gasteiger partial charge in [-0.2, -0.15) is 0 Å². The third-order valence-electron chi connectivity index (χ3n) is 6.79. The van der Waals surface area contributed by atoms with Gasteiger partial charge >= 0.3 is 0 Å². The van der Waals surface area contributed by atoms with Crippen LogP contribution >= 0.6 is 0 Å². The molecule has 0 aliphatic carbocycles. The van der Waals surface area contributed by atoms with Crippen molar-refractivity contribution in [2.24, 2.45) is 27.6 Å². The summed E-state index contributed by atoms with van der Waals surface area (Å²) in [6.07, 6.45) is 7.00. The lowest BCUT2D eigenvalue weighted by Gasteiger charge is -2.40. The second-order valence-corrected chi connectivity index (χ2v) is 16.4. The molecule has 0 saturated carbocycles. The normalized spacial score (nSPS) is 14.8. The number of hydrogen-bond acceptors (Lipinski definition) is 3. The van der Waals surface area contributed by atoms with Gasteiger partial charge in [0.2, 0.25) is 0 Å². The Morgan fingerprint density at radius 3 is 1.44 bits per heavy atom. The highest BCUT2D eigenvalue weighted by molar-refractivity contribution is 4.85. The van der Waals surface area contributed by atoms with Gasteiger partial charge in [-0.05, 0) is 107 Å². The standard InChI is InChI=1S/C31H65NO2/c1-26(2,3)23-28(7,8)20-25(21-29(9,10)24-27(4,5)6)22-32-18-16-31(13,14)34-19-17-30(11,12)33-15/h25,32H,16-24H2,1-15H3. The zero-order valence-corrected chi connectivity index (χ0v) is 26.3. The van der Waals surface area contributed by atoms with Crippen molar-refractivity contribution in [1.29, 1.82) is 0 Å². The maximum atomic E-state index is 6.23. The van der Waals surface area contributed by atoms with Crippen LogP contribution in [0.15, 0.2) is 0 Å². The number of ether oxygens (including phenoxy) is 2. The first-order chi connectivity index (χ1) is 15.0. The molecular weight excluding hydrogens is 418 g/mol. The molecular formula is C31H65NO2. The van der Waals surface area contributed by atoms with Crippen LogP contribution in [-0.4, -0.2) is 38.0 Å². The smallest absolute Gasteiger partial charge is 0.0644 e. The van der Waals surface area contributed by atoms with E-state index in [1.54, 1.807) is 7.11 Å². The zero-order valence-electron chi connectivity index (χ0n) is 26.3. The summed E-state index contributed by atoms with van der Waals surface area (Å²) < 4.78 is 11.7. The van der Waals surface area contributed by atoms with Crippen molar-refractivity contribution in [2.45, 2.75) is 147 Å². The second-order valence-electron chi connectivity index (χ2n) is 16.4. The maximum absolute atomic E-state index is 6.23. The zero-order chi connectivity index (χ0) is 27.1. The predicted octanol–water partition coefficient (Wildman–Crippen LogP) is 8.90. The molecule has 0 aromatic carbocycles. The minimum Gasteiger partial charge on any atom is -0.379 e. The Balaban J connectivity index is 4.99. The minimum absolute atomic E-state index is 0.122. The summed E-state index contributed by atoms with van der Waals surface area (Å²) in [7, 11) is 1.77. The fourth-order valence-corrected chi connectivity index (χ4v) is 6.24. The van der Waals surface area contributed by atoms with Crippen LogP contribution in [0.2, 0.25) is 0 Å². The Hall–Kier alpha value is -0.120. The average Bonchev–Trinajstić information content (AvgIpc) is 2.53. The lowest BCUT2D eigenvalue weighted by Crippen LogP contribution is -2.36. The molecule has 34 heavy (non-hydrogen) atoms. The SMILES string of the molecule is COC(C)(C)CCOC(C)(C)CCNCC(CC(C)(C)CC(C)(C)C)CC(C)(C)CC(C)(C)C. The molecule has 0 aliphatic rings. The average molecular weight is 484 g/mol. The summed E-state index contributed by atoms with van der Waals surface area (Å²) in [6.45, 7) is 35.6. The van der Waals surface area contributed by atoms with Crippen LogP contribution in [0.5, 0.6) is 0 Å². The first-order valence-corrected chi connectivity index (χ1v) is 13.9. The lowest BCUT2D eigenvalue weighted by molar-refractivity contribution is -0.0608. The molecule has 0 fully saturated rings. The van der Waals surface area contributed by atoms with E-state index < -0.39 is 0 Å². The Morgan fingerprint density at radius 1 is 0.618 bits per heavy atom. The molecule has 0 unspecified atom stereocenters. The Labute approximate surface area is 215 Å². The molecule has 0 aromatic heterocycles. The third kappa shape index (κ3) is 18.2. The molecule has 0 aliphatic heterocycles. The van der Waals surface area contributed by atoms with Crippen molar-refractivity contribution in [3.63, 3.8) is 0 Å². The van der Waals surface area contributed by atoms with Crippen LogP contribution in [0.25, 0.3) is 0 Å². The van der Waals surface area contributed by atoms with Crippen LogP contribution < -0.4 is 5.32 Å². The van der Waals surface area contributed by atoms with Gasteiger partial charge < -0.3 is 14.8 Å². The van der Waals surface area contributed by atoms with Gasteiger partial charge in [-0.3, -0.25) is 0 Å². The molecule has 0 aromatic rings. The van der Waals surface area contributed by atoms with E-state index in [1.165, 1.54) is 25.7 Å². The molecule has 3 heteroatoms. The van der Waals surface area contributed by atoms with E-state index in [4.69, 9.17) is 9.47 Å². The number of nitrogens with one attached hydrogen (secondary N) is 1. The molecule has 1 N–H and O–H groups in total. The van der Waals surface area contributed by atoms with Crippen molar-refractivity contribution in [3.8, 4) is 0 Å². The number of hydrogen-bond donors (Lipinski definition) is 1. The van der Waals surface area contributed by atoms with E-state index in [9.17, 15) is 0 Å². The first-order valence-electron chi connectivity index (χ1n) is 13.9. The van der Waals surface area contributed by atoms with Gasteiger partial charge in [0.05, 0.1) is 17.8 Å². The highest BCUT2D eigenvalue weighted by atomic mass is 16.5. The quantitative estimate of drug-likeness (QED) is 0.222. The number of methoxy groups -OCH3 is 1. The van der Waals surface area contributed by atoms with Crippen LogP contribution in [0.1, 0.15) is 135 Å². The van der Waals surface area contributed by atoms with Gasteiger partial charge in [-0.25, -0.2) is 0 Å². The van der Waals surface area contributed by atoms with E-state index in [-0.39, 0.29) is 11.2 Å². The maximum Gasteiger partial charge on any atom is 0.0644 e. The van der Waals surface area contributed by atoms with Crippen LogP contribution in [0.3, 0.4) is 0 Å². The van der Waals surface area contributed by atoms with E-state index in [0.717, 1.165) is 32.5 Å². The van der Waals surface area contributed by atoms with Gasteiger partial charge in [-0.15, -0.1) is 0 Å².